The molecule has 0 bridgehead atoms. The number of rotatable bonds is 6. The molecule has 30 heavy (non-hydrogen) atoms. The van der Waals surface area contributed by atoms with Gasteiger partial charge < -0.3 is 10.1 Å². The van der Waals surface area contributed by atoms with Crippen LogP contribution in [0.1, 0.15) is 62.6 Å². The first-order chi connectivity index (χ1) is 14.2. The van der Waals surface area contributed by atoms with Crippen LogP contribution < -0.4 is 5.32 Å². The molecule has 0 aliphatic carbocycles. The number of benzene rings is 1. The third-order valence-corrected chi connectivity index (χ3v) is 4.65. The second-order valence-corrected chi connectivity index (χ2v) is 7.71. The number of anilines is 1. The molecule has 1 amide bonds. The van der Waals surface area contributed by atoms with E-state index in [0.717, 1.165) is 5.69 Å². The fraction of sp³-hybridized carbons (Fsp3) is 0.364. The molecule has 0 fully saturated rings. The van der Waals surface area contributed by atoms with Gasteiger partial charge >= 0.3 is 5.97 Å². The number of nitrogens with one attached hydrogen (secondary N) is 1. The molecule has 0 aliphatic heterocycles. The van der Waals surface area contributed by atoms with Crippen molar-refractivity contribution in [2.45, 2.75) is 52.7 Å². The van der Waals surface area contributed by atoms with Crippen molar-refractivity contribution in [3.8, 4) is 0 Å². The number of pyridine rings is 1. The molecule has 3 rings (SSSR count). The van der Waals surface area contributed by atoms with Crippen molar-refractivity contribution in [1.29, 1.82) is 0 Å². The van der Waals surface area contributed by atoms with E-state index < -0.39 is 23.8 Å². The molecule has 7 nitrogen and oxygen atoms in total. The number of amides is 1. The van der Waals surface area contributed by atoms with Crippen molar-refractivity contribution >= 4 is 28.6 Å². The summed E-state index contributed by atoms with van der Waals surface area (Å²) in [5.41, 5.74) is 2.07. The fourth-order valence-electron chi connectivity index (χ4n) is 2.93. The van der Waals surface area contributed by atoms with Gasteiger partial charge in [0, 0.05) is 17.4 Å². The molecule has 0 spiro atoms. The van der Waals surface area contributed by atoms with E-state index in [-0.39, 0.29) is 12.0 Å². The largest absolute Gasteiger partial charge is 0.449 e. The van der Waals surface area contributed by atoms with Gasteiger partial charge in [0.25, 0.3) is 5.91 Å². The summed E-state index contributed by atoms with van der Waals surface area (Å²) in [6, 6.07) is 7.10. The summed E-state index contributed by atoms with van der Waals surface area (Å²) in [6.45, 7) is 9.42. The minimum absolute atomic E-state index is 0.0710. The zero-order chi connectivity index (χ0) is 22.0. The van der Waals surface area contributed by atoms with E-state index in [1.165, 1.54) is 31.2 Å². The molecule has 3 aromatic rings. The molecule has 158 valence electrons. The standard InChI is InChI=1S/C22H25FN4O3/c1-12(2)19-10-17(18-11-24-27(13(3)4)20(18)26-19)22(29)30-14(5)21(28)25-16-8-6-15(23)7-9-16/h6-14H,1-5H3,(H,25,28)/t14-/m1/s1. The summed E-state index contributed by atoms with van der Waals surface area (Å²) in [4.78, 5) is 30.0. The maximum atomic E-state index is 13.0. The average Bonchev–Trinajstić information content (AvgIpc) is 3.13. The van der Waals surface area contributed by atoms with Crippen LogP contribution >= 0.6 is 0 Å². The molecule has 1 aromatic carbocycles. The lowest BCUT2D eigenvalue weighted by molar-refractivity contribution is -0.123. The van der Waals surface area contributed by atoms with E-state index >= 15 is 0 Å². The maximum absolute atomic E-state index is 13.0. The smallest absolute Gasteiger partial charge is 0.339 e. The Bertz CT molecular complexity index is 1070. The normalized spacial score (nSPS) is 12.4. The van der Waals surface area contributed by atoms with E-state index in [9.17, 15) is 14.0 Å². The van der Waals surface area contributed by atoms with Crippen LogP contribution in [0.25, 0.3) is 11.0 Å². The third kappa shape index (κ3) is 4.48. The number of halogens is 1. The topological polar surface area (TPSA) is 86.1 Å². The monoisotopic (exact) mass is 412 g/mol. The van der Waals surface area contributed by atoms with Crippen LogP contribution in [0.5, 0.6) is 0 Å². The molecular formula is C22H25FN4O3. The Labute approximate surface area is 174 Å². The molecule has 0 saturated heterocycles. The summed E-state index contributed by atoms with van der Waals surface area (Å²) < 4.78 is 20.2. The van der Waals surface area contributed by atoms with Crippen molar-refractivity contribution in [2.24, 2.45) is 0 Å². The van der Waals surface area contributed by atoms with Crippen molar-refractivity contribution in [2.75, 3.05) is 5.32 Å². The van der Waals surface area contributed by atoms with E-state index in [2.05, 4.69) is 15.4 Å². The highest BCUT2D eigenvalue weighted by molar-refractivity contribution is 6.04. The van der Waals surface area contributed by atoms with Crippen LogP contribution in [0.4, 0.5) is 10.1 Å². The fourth-order valence-corrected chi connectivity index (χ4v) is 2.93. The van der Waals surface area contributed by atoms with Crippen molar-refractivity contribution in [3.63, 3.8) is 0 Å². The predicted octanol–water partition coefficient (Wildman–Crippen LogP) is 4.46. The first kappa shape index (κ1) is 21.4. The van der Waals surface area contributed by atoms with E-state index in [1.807, 2.05) is 27.7 Å². The molecule has 0 radical (unpaired) electrons. The molecule has 0 saturated carbocycles. The second-order valence-electron chi connectivity index (χ2n) is 7.71. The molecular weight excluding hydrogens is 387 g/mol. The summed E-state index contributed by atoms with van der Waals surface area (Å²) >= 11 is 0. The summed E-state index contributed by atoms with van der Waals surface area (Å²) in [5, 5.41) is 7.53. The predicted molar refractivity (Wildman–Crippen MR) is 112 cm³/mol. The number of aromatic nitrogens is 3. The lowest BCUT2D eigenvalue weighted by Crippen LogP contribution is -2.30. The maximum Gasteiger partial charge on any atom is 0.339 e. The average molecular weight is 412 g/mol. The third-order valence-electron chi connectivity index (χ3n) is 4.65. The Morgan fingerprint density at radius 1 is 1.10 bits per heavy atom. The van der Waals surface area contributed by atoms with Crippen LogP contribution in [0.3, 0.4) is 0 Å². The molecule has 2 heterocycles. The van der Waals surface area contributed by atoms with E-state index in [0.29, 0.717) is 22.3 Å². The Kier molecular flexibility index (Phi) is 6.14. The van der Waals surface area contributed by atoms with Crippen LogP contribution in [0.15, 0.2) is 36.5 Å². The Morgan fingerprint density at radius 2 is 1.77 bits per heavy atom. The number of hydrogen-bond donors (Lipinski definition) is 1. The molecule has 0 unspecified atom stereocenters. The number of ether oxygens (including phenoxy) is 1. The van der Waals surface area contributed by atoms with Crippen molar-refractivity contribution in [1.82, 2.24) is 14.8 Å². The van der Waals surface area contributed by atoms with Crippen molar-refractivity contribution < 1.29 is 18.7 Å². The number of carbonyl (C=O) groups excluding carboxylic acids is 2. The highest BCUT2D eigenvalue weighted by atomic mass is 19.1. The molecule has 1 N–H and O–H groups in total. The van der Waals surface area contributed by atoms with Crippen LogP contribution in [0, 0.1) is 5.82 Å². The molecule has 0 aliphatic rings. The van der Waals surface area contributed by atoms with E-state index in [1.54, 1.807) is 16.9 Å². The van der Waals surface area contributed by atoms with Gasteiger partial charge in [0.15, 0.2) is 11.8 Å². The van der Waals surface area contributed by atoms with Gasteiger partial charge in [-0.15, -0.1) is 0 Å². The summed E-state index contributed by atoms with van der Waals surface area (Å²) in [7, 11) is 0. The molecule has 1 atom stereocenters. The number of hydrogen-bond acceptors (Lipinski definition) is 5. The van der Waals surface area contributed by atoms with Crippen LogP contribution in [-0.2, 0) is 9.53 Å². The first-order valence-electron chi connectivity index (χ1n) is 9.83. The van der Waals surface area contributed by atoms with Gasteiger partial charge in [-0.05, 0) is 57.0 Å². The van der Waals surface area contributed by atoms with Crippen LogP contribution in [-0.4, -0.2) is 32.7 Å². The zero-order valence-electron chi connectivity index (χ0n) is 17.6. The highest BCUT2D eigenvalue weighted by Crippen LogP contribution is 2.25. The quantitative estimate of drug-likeness (QED) is 0.604. The Morgan fingerprint density at radius 3 is 2.37 bits per heavy atom. The van der Waals surface area contributed by atoms with Gasteiger partial charge in [-0.3, -0.25) is 4.79 Å². The molecule has 8 heteroatoms. The van der Waals surface area contributed by atoms with Gasteiger partial charge in [-0.2, -0.15) is 5.10 Å². The zero-order valence-corrected chi connectivity index (χ0v) is 17.6. The SMILES string of the molecule is CC(C)c1cc(C(=O)O[C@H](C)C(=O)Nc2ccc(F)cc2)c2cnn(C(C)C)c2n1. The van der Waals surface area contributed by atoms with Gasteiger partial charge in [-0.1, -0.05) is 13.8 Å². The first-order valence-corrected chi connectivity index (χ1v) is 9.83. The summed E-state index contributed by atoms with van der Waals surface area (Å²) in [6.07, 6.45) is 0.542. The van der Waals surface area contributed by atoms with Gasteiger partial charge in [0.1, 0.15) is 5.82 Å². The number of fused-ring (bicyclic) bond motifs is 1. The summed E-state index contributed by atoms with van der Waals surface area (Å²) in [5.74, 6) is -1.45. The van der Waals surface area contributed by atoms with Gasteiger partial charge in [0.05, 0.1) is 17.1 Å². The number of esters is 1. The lowest BCUT2D eigenvalue weighted by Gasteiger charge is -2.15. The molecule has 2 aromatic heterocycles. The lowest BCUT2D eigenvalue weighted by atomic mass is 10.1. The highest BCUT2D eigenvalue weighted by Gasteiger charge is 2.24. The Hall–Kier alpha value is -3.29. The van der Waals surface area contributed by atoms with Gasteiger partial charge in [0.2, 0.25) is 0 Å². The minimum atomic E-state index is -1.05. The van der Waals surface area contributed by atoms with E-state index in [4.69, 9.17) is 4.74 Å². The second kappa shape index (κ2) is 8.61. The van der Waals surface area contributed by atoms with Crippen molar-refractivity contribution in [3.05, 3.63) is 53.6 Å². The number of nitrogens with zero attached hydrogens (tertiary/aromatic N) is 3. The Balaban J connectivity index is 1.85. The minimum Gasteiger partial charge on any atom is -0.449 e. The van der Waals surface area contributed by atoms with Gasteiger partial charge in [-0.25, -0.2) is 18.9 Å². The number of carbonyl (C=O) groups is 2. The van der Waals surface area contributed by atoms with Crippen LogP contribution in [0.2, 0.25) is 0 Å².